The first-order valence-electron chi connectivity index (χ1n) is 11.0. The summed E-state index contributed by atoms with van der Waals surface area (Å²) in [5.41, 5.74) is 2.59. The predicted octanol–water partition coefficient (Wildman–Crippen LogP) is 5.99. The molecule has 7 heteroatoms. The van der Waals surface area contributed by atoms with Crippen LogP contribution in [0.2, 0.25) is 0 Å². The SMILES string of the molecule is CCc1nnc(CSc2nnc(-c3ccc(C(C)(C)C)cc3)n2C2CCCCC2)o1. The molecule has 1 fully saturated rings. The van der Waals surface area contributed by atoms with Gasteiger partial charge in [-0.05, 0) is 23.8 Å². The van der Waals surface area contributed by atoms with E-state index in [1.807, 2.05) is 6.92 Å². The molecule has 1 aliphatic rings. The van der Waals surface area contributed by atoms with Crippen molar-refractivity contribution < 1.29 is 4.42 Å². The maximum atomic E-state index is 5.68. The van der Waals surface area contributed by atoms with Crippen LogP contribution in [0.3, 0.4) is 0 Å². The fourth-order valence-corrected chi connectivity index (χ4v) is 4.82. The number of hydrogen-bond acceptors (Lipinski definition) is 6. The Morgan fingerprint density at radius 2 is 1.67 bits per heavy atom. The lowest BCUT2D eigenvalue weighted by Gasteiger charge is -2.26. The third-order valence-electron chi connectivity index (χ3n) is 5.75. The highest BCUT2D eigenvalue weighted by atomic mass is 32.2. The highest BCUT2D eigenvalue weighted by Gasteiger charge is 2.24. The number of benzene rings is 1. The first-order chi connectivity index (χ1) is 14.5. The molecule has 2 heterocycles. The number of aromatic nitrogens is 5. The zero-order chi connectivity index (χ0) is 21.1. The van der Waals surface area contributed by atoms with Crippen LogP contribution in [0.4, 0.5) is 0 Å². The number of rotatable bonds is 6. The fourth-order valence-electron chi connectivity index (χ4n) is 3.98. The second-order valence-corrected chi connectivity index (χ2v) is 9.97. The van der Waals surface area contributed by atoms with Crippen LogP contribution < -0.4 is 0 Å². The maximum Gasteiger partial charge on any atom is 0.226 e. The lowest BCUT2D eigenvalue weighted by molar-refractivity contribution is 0.339. The van der Waals surface area contributed by atoms with Gasteiger partial charge < -0.3 is 4.42 Å². The van der Waals surface area contributed by atoms with Gasteiger partial charge in [-0.1, -0.05) is 83.0 Å². The molecule has 6 nitrogen and oxygen atoms in total. The molecule has 0 radical (unpaired) electrons. The van der Waals surface area contributed by atoms with Crippen LogP contribution in [0.25, 0.3) is 11.4 Å². The molecule has 0 saturated heterocycles. The normalized spacial score (nSPS) is 15.6. The standard InChI is InChI=1S/C23H31N5OS/c1-5-19-24-25-20(29-19)15-30-22-27-26-21(28(22)18-9-7-6-8-10-18)16-11-13-17(14-12-16)23(2,3)4/h11-14,18H,5-10,15H2,1-4H3. The summed E-state index contributed by atoms with van der Waals surface area (Å²) in [6.07, 6.45) is 6.96. The van der Waals surface area contributed by atoms with Crippen molar-refractivity contribution in [2.75, 3.05) is 0 Å². The summed E-state index contributed by atoms with van der Waals surface area (Å²) in [4.78, 5) is 0. The molecule has 1 aromatic carbocycles. The molecular weight excluding hydrogens is 394 g/mol. The summed E-state index contributed by atoms with van der Waals surface area (Å²) in [5, 5.41) is 18.3. The Kier molecular flexibility index (Phi) is 6.27. The van der Waals surface area contributed by atoms with Crippen molar-refractivity contribution in [3.63, 3.8) is 0 Å². The molecule has 0 spiro atoms. The van der Waals surface area contributed by atoms with E-state index in [-0.39, 0.29) is 5.41 Å². The van der Waals surface area contributed by atoms with E-state index in [1.165, 1.54) is 37.7 Å². The van der Waals surface area contributed by atoms with Crippen LogP contribution in [0.5, 0.6) is 0 Å². The van der Waals surface area contributed by atoms with Gasteiger partial charge in [0, 0.05) is 18.0 Å². The summed E-state index contributed by atoms with van der Waals surface area (Å²) >= 11 is 1.63. The second-order valence-electron chi connectivity index (χ2n) is 9.03. The van der Waals surface area contributed by atoms with Crippen molar-refractivity contribution in [1.82, 2.24) is 25.0 Å². The summed E-state index contributed by atoms with van der Waals surface area (Å²) in [7, 11) is 0. The minimum atomic E-state index is 0.137. The van der Waals surface area contributed by atoms with Crippen molar-refractivity contribution in [2.24, 2.45) is 0 Å². The average molecular weight is 426 g/mol. The molecule has 0 unspecified atom stereocenters. The van der Waals surface area contributed by atoms with Gasteiger partial charge in [0.1, 0.15) is 0 Å². The molecule has 0 atom stereocenters. The molecule has 2 aromatic heterocycles. The van der Waals surface area contributed by atoms with Gasteiger partial charge in [0.05, 0.1) is 5.75 Å². The van der Waals surface area contributed by atoms with Crippen LogP contribution in [0.1, 0.15) is 83.2 Å². The van der Waals surface area contributed by atoms with E-state index in [2.05, 4.69) is 70.0 Å². The van der Waals surface area contributed by atoms with Crippen LogP contribution in [-0.2, 0) is 17.6 Å². The molecule has 30 heavy (non-hydrogen) atoms. The zero-order valence-electron chi connectivity index (χ0n) is 18.4. The Balaban J connectivity index is 1.63. The Morgan fingerprint density at radius 3 is 2.30 bits per heavy atom. The average Bonchev–Trinajstić information content (AvgIpc) is 3.39. The Hall–Kier alpha value is -2.15. The van der Waals surface area contributed by atoms with Gasteiger partial charge in [-0.3, -0.25) is 4.57 Å². The third-order valence-corrected chi connectivity index (χ3v) is 6.68. The smallest absolute Gasteiger partial charge is 0.226 e. The molecule has 3 aromatic rings. The van der Waals surface area contributed by atoms with E-state index in [9.17, 15) is 0 Å². The second kappa shape index (κ2) is 8.92. The minimum Gasteiger partial charge on any atom is -0.424 e. The molecule has 4 rings (SSSR count). The van der Waals surface area contributed by atoms with Crippen molar-refractivity contribution in [1.29, 1.82) is 0 Å². The number of nitrogens with zero attached hydrogens (tertiary/aromatic N) is 5. The Morgan fingerprint density at radius 1 is 0.967 bits per heavy atom. The van der Waals surface area contributed by atoms with Crippen molar-refractivity contribution in [3.05, 3.63) is 41.6 Å². The number of hydrogen-bond donors (Lipinski definition) is 0. The van der Waals surface area contributed by atoms with Gasteiger partial charge in [-0.2, -0.15) is 0 Å². The highest BCUT2D eigenvalue weighted by Crippen LogP contribution is 2.36. The van der Waals surface area contributed by atoms with Crippen LogP contribution in [0.15, 0.2) is 33.8 Å². The number of thioether (sulfide) groups is 1. The molecule has 0 N–H and O–H groups in total. The lowest BCUT2D eigenvalue weighted by Crippen LogP contribution is -2.15. The Bertz CT molecular complexity index is 964. The molecule has 1 saturated carbocycles. The molecule has 1 aliphatic carbocycles. The van der Waals surface area contributed by atoms with Gasteiger partial charge in [0.2, 0.25) is 11.8 Å². The summed E-state index contributed by atoms with van der Waals surface area (Å²) < 4.78 is 8.03. The highest BCUT2D eigenvalue weighted by molar-refractivity contribution is 7.98. The van der Waals surface area contributed by atoms with E-state index in [0.29, 0.717) is 23.6 Å². The van der Waals surface area contributed by atoms with Gasteiger partial charge in [0.15, 0.2) is 11.0 Å². The van der Waals surface area contributed by atoms with Gasteiger partial charge in [-0.15, -0.1) is 20.4 Å². The molecule has 0 aliphatic heterocycles. The van der Waals surface area contributed by atoms with E-state index >= 15 is 0 Å². The zero-order valence-corrected chi connectivity index (χ0v) is 19.2. The predicted molar refractivity (Wildman–Crippen MR) is 120 cm³/mol. The van der Waals surface area contributed by atoms with Crippen LogP contribution in [-0.4, -0.2) is 25.0 Å². The van der Waals surface area contributed by atoms with E-state index in [4.69, 9.17) is 4.42 Å². The van der Waals surface area contributed by atoms with E-state index in [1.54, 1.807) is 11.8 Å². The topological polar surface area (TPSA) is 69.6 Å². The van der Waals surface area contributed by atoms with Crippen LogP contribution >= 0.6 is 11.8 Å². The monoisotopic (exact) mass is 425 g/mol. The van der Waals surface area contributed by atoms with E-state index < -0.39 is 0 Å². The van der Waals surface area contributed by atoms with Crippen molar-refractivity contribution in [2.45, 2.75) is 88.6 Å². The van der Waals surface area contributed by atoms with E-state index in [0.717, 1.165) is 23.0 Å². The number of aryl methyl sites for hydroxylation is 1. The lowest BCUT2D eigenvalue weighted by atomic mass is 9.86. The fraction of sp³-hybridized carbons (Fsp3) is 0.565. The van der Waals surface area contributed by atoms with Crippen LogP contribution in [0, 0.1) is 0 Å². The molecule has 0 amide bonds. The van der Waals surface area contributed by atoms with Crippen molar-refractivity contribution >= 4 is 11.8 Å². The quantitative estimate of drug-likeness (QED) is 0.452. The summed E-state index contributed by atoms with van der Waals surface area (Å²) in [6.45, 7) is 8.73. The largest absolute Gasteiger partial charge is 0.424 e. The molecule has 0 bridgehead atoms. The summed E-state index contributed by atoms with van der Waals surface area (Å²) in [5.74, 6) is 2.90. The molecule has 160 valence electrons. The minimum absolute atomic E-state index is 0.137. The van der Waals surface area contributed by atoms with Gasteiger partial charge in [0.25, 0.3) is 0 Å². The Labute approximate surface area is 182 Å². The first-order valence-corrected chi connectivity index (χ1v) is 11.9. The molecular formula is C23H31N5OS. The maximum absolute atomic E-state index is 5.68. The summed E-state index contributed by atoms with van der Waals surface area (Å²) in [6, 6.07) is 9.25. The first kappa shape index (κ1) is 21.1. The van der Waals surface area contributed by atoms with Crippen molar-refractivity contribution in [3.8, 4) is 11.4 Å². The van der Waals surface area contributed by atoms with Gasteiger partial charge in [-0.25, -0.2) is 0 Å². The third kappa shape index (κ3) is 4.61. The van der Waals surface area contributed by atoms with Gasteiger partial charge >= 0.3 is 0 Å².